The summed E-state index contributed by atoms with van der Waals surface area (Å²) in [6, 6.07) is 9.84. The molecule has 1 aromatic heterocycles. The molecule has 1 amide bonds. The predicted molar refractivity (Wildman–Crippen MR) is 70.9 cm³/mol. The molecule has 0 aliphatic heterocycles. The van der Waals surface area contributed by atoms with E-state index in [0.717, 1.165) is 5.56 Å². The molecule has 1 aromatic carbocycles. The number of H-pyrrole nitrogens is 1. The third kappa shape index (κ3) is 3.89. The molecule has 19 heavy (non-hydrogen) atoms. The second kappa shape index (κ2) is 6.65. The average Bonchev–Trinajstić information content (AvgIpc) is 2.96. The number of amides is 1. The molecular formula is C13H17N5O. The minimum absolute atomic E-state index is 0.0669. The van der Waals surface area contributed by atoms with Gasteiger partial charge >= 0.3 is 0 Å². The fraction of sp³-hybridized carbons (Fsp3) is 0.308. The van der Waals surface area contributed by atoms with Gasteiger partial charge in [-0.3, -0.25) is 9.89 Å². The lowest BCUT2D eigenvalue weighted by molar-refractivity contribution is -0.124. The first-order valence-corrected chi connectivity index (χ1v) is 6.15. The van der Waals surface area contributed by atoms with Crippen LogP contribution in [0, 0.1) is 5.92 Å². The molecule has 0 radical (unpaired) electrons. The van der Waals surface area contributed by atoms with Gasteiger partial charge in [-0.2, -0.15) is 5.10 Å². The zero-order valence-electron chi connectivity index (χ0n) is 10.5. The van der Waals surface area contributed by atoms with Crippen LogP contribution in [-0.2, 0) is 17.8 Å². The number of nitrogens with two attached hydrogens (primary N) is 1. The Morgan fingerprint density at radius 1 is 1.37 bits per heavy atom. The summed E-state index contributed by atoms with van der Waals surface area (Å²) in [5, 5.41) is 9.22. The normalized spacial score (nSPS) is 12.1. The van der Waals surface area contributed by atoms with Crippen molar-refractivity contribution >= 4 is 5.91 Å². The van der Waals surface area contributed by atoms with E-state index in [0.29, 0.717) is 25.3 Å². The molecule has 0 saturated heterocycles. The van der Waals surface area contributed by atoms with Crippen molar-refractivity contribution in [1.29, 1.82) is 0 Å². The Balaban J connectivity index is 1.88. The Kier molecular flexibility index (Phi) is 4.63. The highest BCUT2D eigenvalue weighted by Gasteiger charge is 2.17. The van der Waals surface area contributed by atoms with E-state index in [9.17, 15) is 4.79 Å². The maximum atomic E-state index is 12.0. The lowest BCUT2D eigenvalue weighted by Gasteiger charge is -2.14. The molecule has 6 nitrogen and oxygen atoms in total. The average molecular weight is 259 g/mol. The van der Waals surface area contributed by atoms with Gasteiger partial charge in [0.1, 0.15) is 12.2 Å². The second-order valence-electron chi connectivity index (χ2n) is 4.27. The number of hydrogen-bond acceptors (Lipinski definition) is 4. The van der Waals surface area contributed by atoms with Gasteiger partial charge in [0.25, 0.3) is 0 Å². The van der Waals surface area contributed by atoms with Crippen molar-refractivity contribution in [2.75, 3.05) is 6.54 Å². The summed E-state index contributed by atoms with van der Waals surface area (Å²) >= 11 is 0. The monoisotopic (exact) mass is 259 g/mol. The molecule has 2 rings (SSSR count). The summed E-state index contributed by atoms with van der Waals surface area (Å²) in [4.78, 5) is 16.0. The van der Waals surface area contributed by atoms with Crippen LogP contribution in [0.25, 0.3) is 0 Å². The van der Waals surface area contributed by atoms with Gasteiger partial charge in [-0.25, -0.2) is 4.98 Å². The largest absolute Gasteiger partial charge is 0.349 e. The van der Waals surface area contributed by atoms with E-state index in [-0.39, 0.29) is 11.8 Å². The highest BCUT2D eigenvalue weighted by Crippen LogP contribution is 2.08. The summed E-state index contributed by atoms with van der Waals surface area (Å²) in [6.07, 6.45) is 2.05. The van der Waals surface area contributed by atoms with Crippen molar-refractivity contribution in [2.45, 2.75) is 13.0 Å². The summed E-state index contributed by atoms with van der Waals surface area (Å²) in [5.74, 6) is 0.330. The van der Waals surface area contributed by atoms with Crippen LogP contribution in [0.3, 0.4) is 0 Å². The lowest BCUT2D eigenvalue weighted by Crippen LogP contribution is -2.36. The molecule has 0 fully saturated rings. The number of nitrogens with one attached hydrogen (secondary N) is 2. The summed E-state index contributed by atoms with van der Waals surface area (Å²) in [5.41, 5.74) is 6.78. The number of carbonyl (C=O) groups is 1. The number of carbonyl (C=O) groups excluding carboxylic acids is 1. The number of nitrogens with zero attached hydrogens (tertiary/aromatic N) is 2. The highest BCUT2D eigenvalue weighted by molar-refractivity contribution is 5.79. The third-order valence-electron chi connectivity index (χ3n) is 2.88. The van der Waals surface area contributed by atoms with E-state index in [2.05, 4.69) is 20.5 Å². The summed E-state index contributed by atoms with van der Waals surface area (Å²) in [6.45, 7) is 0.654. The van der Waals surface area contributed by atoms with Crippen LogP contribution < -0.4 is 11.1 Å². The number of aromatic amines is 1. The maximum Gasteiger partial charge on any atom is 0.225 e. The first-order valence-electron chi connectivity index (χ1n) is 6.15. The number of hydrogen-bond donors (Lipinski definition) is 3. The molecular weight excluding hydrogens is 242 g/mol. The molecule has 0 saturated carbocycles. The first kappa shape index (κ1) is 13.2. The van der Waals surface area contributed by atoms with Crippen molar-refractivity contribution in [3.8, 4) is 0 Å². The number of benzene rings is 1. The molecule has 4 N–H and O–H groups in total. The topological polar surface area (TPSA) is 96.7 Å². The first-order chi connectivity index (χ1) is 9.29. The van der Waals surface area contributed by atoms with Crippen molar-refractivity contribution in [1.82, 2.24) is 20.5 Å². The number of aromatic nitrogens is 3. The zero-order valence-corrected chi connectivity index (χ0v) is 10.5. The molecule has 2 aromatic rings. The Morgan fingerprint density at radius 2 is 2.16 bits per heavy atom. The van der Waals surface area contributed by atoms with Crippen LogP contribution in [-0.4, -0.2) is 27.6 Å². The van der Waals surface area contributed by atoms with Gasteiger partial charge in [0.05, 0.1) is 12.5 Å². The van der Waals surface area contributed by atoms with Gasteiger partial charge in [0.2, 0.25) is 5.91 Å². The smallest absolute Gasteiger partial charge is 0.225 e. The van der Waals surface area contributed by atoms with E-state index in [4.69, 9.17) is 5.73 Å². The fourth-order valence-electron chi connectivity index (χ4n) is 1.81. The van der Waals surface area contributed by atoms with Crippen LogP contribution in [0.4, 0.5) is 0 Å². The van der Waals surface area contributed by atoms with Gasteiger partial charge in [0.15, 0.2) is 0 Å². The Hall–Kier alpha value is -2.21. The van der Waals surface area contributed by atoms with Crippen LogP contribution >= 0.6 is 0 Å². The van der Waals surface area contributed by atoms with Gasteiger partial charge in [-0.1, -0.05) is 30.3 Å². The van der Waals surface area contributed by atoms with E-state index in [1.807, 2.05) is 30.3 Å². The van der Waals surface area contributed by atoms with Gasteiger partial charge in [-0.05, 0) is 12.0 Å². The Morgan fingerprint density at radius 3 is 2.79 bits per heavy atom. The quantitative estimate of drug-likeness (QED) is 0.692. The maximum absolute atomic E-state index is 12.0. The van der Waals surface area contributed by atoms with Gasteiger partial charge in [0, 0.05) is 6.54 Å². The molecule has 1 atom stereocenters. The van der Waals surface area contributed by atoms with Crippen LogP contribution in [0.1, 0.15) is 11.4 Å². The lowest BCUT2D eigenvalue weighted by atomic mass is 9.98. The van der Waals surface area contributed by atoms with Crippen molar-refractivity contribution in [3.05, 3.63) is 48.0 Å². The molecule has 6 heteroatoms. The minimum atomic E-state index is -0.231. The molecule has 1 unspecified atom stereocenters. The van der Waals surface area contributed by atoms with E-state index in [1.165, 1.54) is 6.33 Å². The van der Waals surface area contributed by atoms with Crippen LogP contribution in [0.5, 0.6) is 0 Å². The van der Waals surface area contributed by atoms with E-state index < -0.39 is 0 Å². The molecule has 100 valence electrons. The van der Waals surface area contributed by atoms with Crippen LogP contribution in [0.15, 0.2) is 36.7 Å². The van der Waals surface area contributed by atoms with Gasteiger partial charge in [-0.15, -0.1) is 0 Å². The highest BCUT2D eigenvalue weighted by atomic mass is 16.1. The zero-order chi connectivity index (χ0) is 13.5. The SMILES string of the molecule is NCC(Cc1ccccc1)C(=O)NCc1ncn[nH]1. The Labute approximate surface area is 111 Å². The predicted octanol–water partition coefficient (Wildman–Crippen LogP) is 0.238. The minimum Gasteiger partial charge on any atom is -0.349 e. The van der Waals surface area contributed by atoms with Gasteiger partial charge < -0.3 is 11.1 Å². The van der Waals surface area contributed by atoms with E-state index in [1.54, 1.807) is 0 Å². The second-order valence-corrected chi connectivity index (χ2v) is 4.27. The fourth-order valence-corrected chi connectivity index (χ4v) is 1.81. The molecule has 0 bridgehead atoms. The van der Waals surface area contributed by atoms with E-state index >= 15 is 0 Å². The molecule has 0 aliphatic rings. The van der Waals surface area contributed by atoms with Crippen LogP contribution in [0.2, 0.25) is 0 Å². The van der Waals surface area contributed by atoms with Crippen molar-refractivity contribution in [2.24, 2.45) is 11.7 Å². The summed E-state index contributed by atoms with van der Waals surface area (Å²) in [7, 11) is 0. The molecule has 0 spiro atoms. The summed E-state index contributed by atoms with van der Waals surface area (Å²) < 4.78 is 0. The Bertz CT molecular complexity index is 497. The molecule has 1 heterocycles. The van der Waals surface area contributed by atoms with Crippen molar-refractivity contribution in [3.63, 3.8) is 0 Å². The number of rotatable bonds is 6. The third-order valence-corrected chi connectivity index (χ3v) is 2.88. The molecule has 0 aliphatic carbocycles. The standard InChI is InChI=1S/C13H17N5O/c14-7-11(6-10-4-2-1-3-5-10)13(19)15-8-12-16-9-17-18-12/h1-5,9,11H,6-8,14H2,(H,15,19)(H,16,17,18). The van der Waals surface area contributed by atoms with Crippen molar-refractivity contribution < 1.29 is 4.79 Å².